The van der Waals surface area contributed by atoms with Crippen molar-refractivity contribution in [1.29, 1.82) is 0 Å². The molecule has 7 aromatic carbocycles. The molecule has 0 fully saturated rings. The van der Waals surface area contributed by atoms with E-state index in [1.807, 2.05) is 0 Å². The van der Waals surface area contributed by atoms with Crippen LogP contribution >= 0.6 is 20.7 Å². The van der Waals surface area contributed by atoms with Crippen molar-refractivity contribution in [2.45, 2.75) is 42.4 Å². The highest BCUT2D eigenvalue weighted by atomic mass is 127. The standard InChI is InChI=1S/C60H46IN3/c1-39-48(31-17-35-61-39)44-24-16-27-47(38-44)64-54-34-13-10-30-51(54)57-59-55(49-28-8-11-32-52(49)62(59)45-25-14-22-42(36-45)40-18-4-2-5-19-40)58-56(60(57)64)50-29-9-12-33-53(50)63(58)46-26-15-23-43(37-46)41-20-6-3-7-21-41/h2-8,10-12,14-28,30-33,35-39,48H,9,13,29,34H2,1H3. The molecule has 10 aromatic rings. The molecule has 0 saturated heterocycles. The Bertz CT molecular complexity index is 3630. The second kappa shape index (κ2) is 15.2. The maximum Gasteiger partial charge on any atom is 0.0662 e. The smallest absolute Gasteiger partial charge is 0.0662 e. The van der Waals surface area contributed by atoms with Gasteiger partial charge in [-0.15, -0.1) is 20.7 Å². The molecule has 2 unspecified atom stereocenters. The Balaban J connectivity index is 1.24. The molecule has 64 heavy (non-hydrogen) atoms. The second-order valence-corrected chi connectivity index (χ2v) is 21.0. The zero-order chi connectivity index (χ0) is 42.3. The van der Waals surface area contributed by atoms with E-state index < -0.39 is 0 Å². The Morgan fingerprint density at radius 2 is 1.12 bits per heavy atom. The van der Waals surface area contributed by atoms with Gasteiger partial charge in [-0.3, -0.25) is 0 Å². The van der Waals surface area contributed by atoms with E-state index in [0.717, 1.165) is 25.7 Å². The van der Waals surface area contributed by atoms with Crippen LogP contribution in [0, 0.1) is 0 Å². The number of fused-ring (bicyclic) bond motifs is 12. The van der Waals surface area contributed by atoms with E-state index in [1.54, 1.807) is 0 Å². The lowest BCUT2D eigenvalue weighted by Crippen LogP contribution is -2.10. The predicted molar refractivity (Wildman–Crippen MR) is 281 cm³/mol. The van der Waals surface area contributed by atoms with Crippen LogP contribution in [0.4, 0.5) is 0 Å². The maximum atomic E-state index is 2.71. The first-order chi connectivity index (χ1) is 31.7. The Labute approximate surface area is 383 Å². The lowest BCUT2D eigenvalue weighted by atomic mass is 9.95. The number of halogens is 1. The summed E-state index contributed by atoms with van der Waals surface area (Å²) in [7, 11) is 0. The highest BCUT2D eigenvalue weighted by molar-refractivity contribution is 14.2. The van der Waals surface area contributed by atoms with Crippen molar-refractivity contribution in [2.24, 2.45) is 0 Å². The number of aromatic nitrogens is 3. The molecule has 0 saturated carbocycles. The average molecular weight is 936 g/mol. The SMILES string of the molecule is CC1I=CC=CC1c1cccc(-n2c3c(c4c2c2c5c(n(-c6cccc(-c7ccccc7)c6)c2c2c6ccccc6n(-c6cccc(-c7ccccc7)c6)c42)C=CCC5)C=CCC3)c1. The molecule has 308 valence electrons. The number of para-hydroxylation sites is 1. The number of hydrogen-bond acceptors (Lipinski definition) is 0. The molecule has 0 bridgehead atoms. The largest absolute Gasteiger partial charge is 0.312 e. The van der Waals surface area contributed by atoms with Crippen molar-refractivity contribution >= 4 is 80.5 Å². The second-order valence-electron chi connectivity index (χ2n) is 17.6. The zero-order valence-electron chi connectivity index (χ0n) is 35.8. The van der Waals surface area contributed by atoms with Crippen molar-refractivity contribution in [3.63, 3.8) is 0 Å². The minimum atomic E-state index is 0.0104. The monoisotopic (exact) mass is 935 g/mol. The third-order valence-electron chi connectivity index (χ3n) is 14.0. The van der Waals surface area contributed by atoms with Gasteiger partial charge in [0, 0.05) is 65.4 Å². The summed E-state index contributed by atoms with van der Waals surface area (Å²) >= 11 is 0.0104. The van der Waals surface area contributed by atoms with Gasteiger partial charge in [-0.2, -0.15) is 0 Å². The summed E-state index contributed by atoms with van der Waals surface area (Å²) in [5.41, 5.74) is 20.5. The molecule has 0 N–H and O–H groups in total. The molecular formula is C60H46IN3. The molecule has 0 spiro atoms. The van der Waals surface area contributed by atoms with Gasteiger partial charge in [0.25, 0.3) is 0 Å². The summed E-state index contributed by atoms with van der Waals surface area (Å²) in [4.78, 5) is 0. The number of benzene rings is 7. The maximum absolute atomic E-state index is 2.71. The first kappa shape index (κ1) is 37.8. The highest BCUT2D eigenvalue weighted by Gasteiger charge is 2.33. The summed E-state index contributed by atoms with van der Waals surface area (Å²) in [6, 6.07) is 58.9. The van der Waals surface area contributed by atoms with Crippen molar-refractivity contribution in [3.05, 3.63) is 210 Å². The zero-order valence-corrected chi connectivity index (χ0v) is 37.9. The minimum absolute atomic E-state index is 0.0104. The molecule has 3 aliphatic rings. The van der Waals surface area contributed by atoms with E-state index in [-0.39, 0.29) is 20.7 Å². The molecule has 0 amide bonds. The highest BCUT2D eigenvalue weighted by Crippen LogP contribution is 2.51. The molecule has 4 heteroatoms. The third-order valence-corrected chi connectivity index (χ3v) is 16.7. The predicted octanol–water partition coefficient (Wildman–Crippen LogP) is 15.7. The lowest BCUT2D eigenvalue weighted by Gasteiger charge is -2.22. The molecule has 13 rings (SSSR count). The number of nitrogens with zero attached hydrogens (tertiary/aromatic N) is 3. The quantitative estimate of drug-likeness (QED) is 0.117. The van der Waals surface area contributed by atoms with Gasteiger partial charge in [-0.05, 0) is 112 Å². The van der Waals surface area contributed by atoms with Crippen LogP contribution in [0.15, 0.2) is 182 Å². The van der Waals surface area contributed by atoms with Gasteiger partial charge in [-0.25, -0.2) is 0 Å². The van der Waals surface area contributed by atoms with E-state index in [2.05, 4.69) is 219 Å². The van der Waals surface area contributed by atoms with Gasteiger partial charge in [0.2, 0.25) is 0 Å². The van der Waals surface area contributed by atoms with E-state index in [0.29, 0.717) is 9.84 Å². The van der Waals surface area contributed by atoms with Gasteiger partial charge in [0.1, 0.15) is 0 Å². The Morgan fingerprint density at radius 1 is 0.516 bits per heavy atom. The first-order valence-electron chi connectivity index (χ1n) is 22.8. The Kier molecular flexibility index (Phi) is 8.97. The molecule has 2 atom stereocenters. The fourth-order valence-corrected chi connectivity index (χ4v) is 13.4. The van der Waals surface area contributed by atoms with Crippen molar-refractivity contribution in [1.82, 2.24) is 13.7 Å². The third kappa shape index (κ3) is 5.81. The number of allylic oxidation sites excluding steroid dienone is 4. The molecular weight excluding hydrogens is 890 g/mol. The van der Waals surface area contributed by atoms with Crippen LogP contribution in [0.5, 0.6) is 0 Å². The van der Waals surface area contributed by atoms with Crippen LogP contribution in [0.1, 0.15) is 53.8 Å². The van der Waals surface area contributed by atoms with Crippen molar-refractivity contribution < 1.29 is 0 Å². The summed E-state index contributed by atoms with van der Waals surface area (Å²) in [6.07, 6.45) is 18.4. The number of rotatable bonds is 6. The molecule has 1 aliphatic heterocycles. The molecule has 0 radical (unpaired) electrons. The van der Waals surface area contributed by atoms with Crippen LogP contribution in [0.3, 0.4) is 0 Å². The van der Waals surface area contributed by atoms with E-state index in [4.69, 9.17) is 0 Å². The van der Waals surface area contributed by atoms with Crippen LogP contribution in [-0.2, 0) is 12.8 Å². The van der Waals surface area contributed by atoms with Gasteiger partial charge in [-0.1, -0.05) is 153 Å². The average Bonchev–Trinajstić information content (AvgIpc) is 4.01. The summed E-state index contributed by atoms with van der Waals surface area (Å²) in [5, 5.41) is 5.31. The summed E-state index contributed by atoms with van der Waals surface area (Å²) < 4.78 is 11.0. The van der Waals surface area contributed by atoms with Crippen LogP contribution in [-0.4, -0.2) is 21.6 Å². The van der Waals surface area contributed by atoms with Gasteiger partial charge in [0.15, 0.2) is 0 Å². The Hall–Kier alpha value is -6.76. The summed E-state index contributed by atoms with van der Waals surface area (Å²) in [6.45, 7) is 2.45. The first-order valence-corrected chi connectivity index (χ1v) is 25.3. The van der Waals surface area contributed by atoms with Crippen molar-refractivity contribution in [2.75, 3.05) is 0 Å². The van der Waals surface area contributed by atoms with E-state index >= 15 is 0 Å². The van der Waals surface area contributed by atoms with Gasteiger partial charge < -0.3 is 13.7 Å². The van der Waals surface area contributed by atoms with E-state index in [1.165, 1.54) is 111 Å². The number of alkyl halides is 1. The fourth-order valence-electron chi connectivity index (χ4n) is 11.2. The van der Waals surface area contributed by atoms with Gasteiger partial charge >= 0.3 is 0 Å². The normalized spacial score (nSPS) is 16.8. The Morgan fingerprint density at radius 3 is 1.88 bits per heavy atom. The molecule has 2 aliphatic carbocycles. The molecule has 3 nitrogen and oxygen atoms in total. The summed E-state index contributed by atoms with van der Waals surface area (Å²) in [5.74, 6) is 0.428. The molecule has 4 heterocycles. The molecule has 3 aromatic heterocycles. The van der Waals surface area contributed by atoms with Gasteiger partial charge in [0.05, 0.1) is 22.1 Å². The van der Waals surface area contributed by atoms with Crippen LogP contribution in [0.25, 0.3) is 95.1 Å². The number of hydrogen-bond donors (Lipinski definition) is 0. The topological polar surface area (TPSA) is 14.8 Å². The van der Waals surface area contributed by atoms with Crippen LogP contribution < -0.4 is 0 Å². The van der Waals surface area contributed by atoms with E-state index in [9.17, 15) is 0 Å². The number of aryl methyl sites for hydroxylation is 1. The van der Waals surface area contributed by atoms with Crippen LogP contribution in [0.2, 0.25) is 0 Å². The fraction of sp³-hybridized carbons (Fsp3) is 0.117. The minimum Gasteiger partial charge on any atom is -0.312 e. The lowest BCUT2D eigenvalue weighted by molar-refractivity contribution is 0.843. The van der Waals surface area contributed by atoms with Crippen molar-refractivity contribution in [3.8, 4) is 39.3 Å².